The minimum Gasteiger partial charge on any atom is -0.481 e. The van der Waals surface area contributed by atoms with Crippen LogP contribution in [0.2, 0.25) is 0 Å². The smallest absolute Gasteiger partial charge is 0.328 e. The van der Waals surface area contributed by atoms with Gasteiger partial charge in [-0.25, -0.2) is 18.2 Å². The van der Waals surface area contributed by atoms with Crippen molar-refractivity contribution in [1.29, 1.82) is 5.26 Å². The van der Waals surface area contributed by atoms with Crippen LogP contribution in [0.3, 0.4) is 0 Å². The zero-order valence-corrected chi connectivity index (χ0v) is 23.9. The number of hydrogen-bond acceptors (Lipinski definition) is 10. The van der Waals surface area contributed by atoms with Gasteiger partial charge in [0.15, 0.2) is 0 Å². The molecule has 40 heavy (non-hydrogen) atoms. The number of aromatic nitrogens is 2. The zero-order chi connectivity index (χ0) is 29.0. The van der Waals surface area contributed by atoms with Gasteiger partial charge in [0.2, 0.25) is 11.8 Å². The predicted octanol–water partition coefficient (Wildman–Crippen LogP) is 1.46. The number of likely N-dealkylation sites (N-methyl/N-ethyl adjacent to an activating group) is 1. The van der Waals surface area contributed by atoms with E-state index in [0.717, 1.165) is 36.8 Å². The van der Waals surface area contributed by atoms with E-state index < -0.39 is 21.9 Å². The van der Waals surface area contributed by atoms with Crippen LogP contribution in [0.5, 0.6) is 5.88 Å². The van der Waals surface area contributed by atoms with Gasteiger partial charge in [-0.1, -0.05) is 0 Å². The molecule has 2 aromatic rings. The first-order chi connectivity index (χ1) is 19.0. The van der Waals surface area contributed by atoms with E-state index >= 15 is 0 Å². The lowest BCUT2D eigenvalue weighted by molar-refractivity contribution is -0.136. The molecule has 2 aliphatic rings. The molecule has 13 nitrogen and oxygen atoms in total. The number of carbonyl (C=O) groups excluding carboxylic acids is 2. The van der Waals surface area contributed by atoms with Gasteiger partial charge in [0.1, 0.15) is 27.5 Å². The van der Waals surface area contributed by atoms with Gasteiger partial charge in [-0.2, -0.15) is 10.2 Å². The van der Waals surface area contributed by atoms with Gasteiger partial charge in [-0.05, 0) is 38.4 Å². The van der Waals surface area contributed by atoms with E-state index in [4.69, 9.17) is 4.74 Å². The highest BCUT2D eigenvalue weighted by Crippen LogP contribution is 2.32. The Hall–Kier alpha value is -3.96. The molecule has 4 heterocycles. The van der Waals surface area contributed by atoms with Gasteiger partial charge < -0.3 is 15.0 Å². The van der Waals surface area contributed by atoms with Gasteiger partial charge in [0, 0.05) is 49.8 Å². The second-order valence-corrected chi connectivity index (χ2v) is 12.4. The highest BCUT2D eigenvalue weighted by atomic mass is 32.2. The molecule has 0 saturated carbocycles. The molecule has 0 bridgehead atoms. The van der Waals surface area contributed by atoms with Crippen LogP contribution in [0.1, 0.15) is 30.0 Å². The second kappa shape index (κ2) is 12.1. The number of nitrogens with zero attached hydrogens (tertiary/aromatic N) is 6. The molecule has 0 spiro atoms. The average molecular weight is 571 g/mol. The van der Waals surface area contributed by atoms with Crippen LogP contribution in [0.25, 0.3) is 0 Å². The lowest BCUT2D eigenvalue weighted by Crippen LogP contribution is -2.48. The summed E-state index contributed by atoms with van der Waals surface area (Å²) in [5, 5.41) is 15.2. The number of sulfone groups is 1. The van der Waals surface area contributed by atoms with E-state index in [1.165, 1.54) is 24.3 Å². The number of aryl methyl sites for hydroxylation is 1. The number of amides is 3. The fourth-order valence-electron chi connectivity index (χ4n) is 4.88. The van der Waals surface area contributed by atoms with Crippen molar-refractivity contribution in [2.24, 2.45) is 0 Å². The van der Waals surface area contributed by atoms with E-state index in [1.807, 2.05) is 24.1 Å². The molecule has 0 unspecified atom stereocenters. The fourth-order valence-corrected chi connectivity index (χ4v) is 5.88. The van der Waals surface area contributed by atoms with Crippen molar-refractivity contribution in [3.05, 3.63) is 35.0 Å². The molecule has 0 aromatic carbocycles. The molecule has 1 fully saturated rings. The number of rotatable bonds is 8. The topological polar surface area (TPSA) is 161 Å². The Morgan fingerprint density at radius 3 is 2.73 bits per heavy atom. The number of nitriles is 1. The Balaban J connectivity index is 1.53. The third-order valence-electron chi connectivity index (χ3n) is 6.72. The Morgan fingerprint density at radius 2 is 2.05 bits per heavy atom. The molecule has 2 N–H and O–H groups in total. The predicted molar refractivity (Wildman–Crippen MR) is 150 cm³/mol. The van der Waals surface area contributed by atoms with Crippen LogP contribution in [0, 0.1) is 11.3 Å². The molecule has 0 radical (unpaired) electrons. The van der Waals surface area contributed by atoms with E-state index in [0.29, 0.717) is 43.6 Å². The minimum absolute atomic E-state index is 0.0454. The van der Waals surface area contributed by atoms with Gasteiger partial charge in [0.25, 0.3) is 0 Å². The molecule has 1 atom stereocenters. The monoisotopic (exact) mass is 570 g/mol. The van der Waals surface area contributed by atoms with E-state index in [2.05, 4.69) is 20.6 Å². The summed E-state index contributed by atoms with van der Waals surface area (Å²) in [4.78, 5) is 40.0. The normalized spacial score (nSPS) is 16.6. The summed E-state index contributed by atoms with van der Waals surface area (Å²) in [5.41, 5.74) is 2.25. The number of urea groups is 1. The number of piperazine rings is 1. The summed E-state index contributed by atoms with van der Waals surface area (Å²) in [5.74, 6) is 0.951. The van der Waals surface area contributed by atoms with Crippen LogP contribution in [-0.2, 0) is 27.6 Å². The maximum Gasteiger partial charge on any atom is 0.328 e. The first-order valence-electron chi connectivity index (χ1n) is 12.9. The maximum atomic E-state index is 13.4. The Morgan fingerprint density at radius 1 is 1.27 bits per heavy atom. The summed E-state index contributed by atoms with van der Waals surface area (Å²) >= 11 is 0. The Kier molecular flexibility index (Phi) is 8.75. The highest BCUT2D eigenvalue weighted by Gasteiger charge is 2.29. The number of carbonyl (C=O) groups is 2. The number of methoxy groups -OCH3 is 1. The number of anilines is 3. The Labute approximate surface area is 234 Å². The maximum absolute atomic E-state index is 13.4. The van der Waals surface area contributed by atoms with Crippen molar-refractivity contribution >= 4 is 39.1 Å². The van der Waals surface area contributed by atoms with Crippen molar-refractivity contribution in [1.82, 2.24) is 19.8 Å². The second-order valence-electron chi connectivity index (χ2n) is 10.2. The standard InChI is InChI=1S/C26H34N8O5S/c1-17(16-40(4,37)38)29-21-11-22(28-13-20(21)12-27)30-26(36)34-7-5-6-18-10-19(25(39-3)31-24(18)34)14-33-9-8-32(2)15-23(33)35/h10-11,13,17H,5-9,14-16H2,1-4H3,(H2,28,29,30,36)/t17-/m1/s1. The van der Waals surface area contributed by atoms with Crippen molar-refractivity contribution in [2.75, 3.05) is 67.9 Å². The summed E-state index contributed by atoms with van der Waals surface area (Å²) < 4.78 is 28.9. The van der Waals surface area contributed by atoms with Crippen LogP contribution in [0.4, 0.5) is 22.1 Å². The number of ether oxygens (including phenoxy) is 1. The summed E-state index contributed by atoms with van der Waals surface area (Å²) in [6.45, 7) is 4.27. The molecule has 2 aliphatic heterocycles. The van der Waals surface area contributed by atoms with Crippen molar-refractivity contribution in [3.63, 3.8) is 0 Å². The molecule has 2 aromatic heterocycles. The average Bonchev–Trinajstić information content (AvgIpc) is 2.88. The minimum atomic E-state index is -3.23. The molecule has 3 amide bonds. The molecule has 14 heteroatoms. The van der Waals surface area contributed by atoms with Crippen molar-refractivity contribution in [2.45, 2.75) is 32.4 Å². The summed E-state index contributed by atoms with van der Waals surface area (Å²) in [6.07, 6.45) is 3.91. The van der Waals surface area contributed by atoms with E-state index in [1.54, 1.807) is 11.8 Å². The largest absolute Gasteiger partial charge is 0.481 e. The van der Waals surface area contributed by atoms with Gasteiger partial charge in [-0.3, -0.25) is 19.9 Å². The highest BCUT2D eigenvalue weighted by molar-refractivity contribution is 7.90. The number of pyridine rings is 2. The molecule has 214 valence electrons. The Bertz CT molecular complexity index is 1440. The first-order valence-corrected chi connectivity index (χ1v) is 15.0. The number of hydrogen-bond donors (Lipinski definition) is 2. The van der Waals surface area contributed by atoms with Crippen molar-refractivity contribution < 1.29 is 22.7 Å². The molecule has 0 aliphatic carbocycles. The first kappa shape index (κ1) is 29.0. The zero-order valence-electron chi connectivity index (χ0n) is 23.1. The van der Waals surface area contributed by atoms with Gasteiger partial charge in [0.05, 0.1) is 37.2 Å². The van der Waals surface area contributed by atoms with Gasteiger partial charge >= 0.3 is 6.03 Å². The molecule has 1 saturated heterocycles. The van der Waals surface area contributed by atoms with E-state index in [9.17, 15) is 23.3 Å². The summed E-state index contributed by atoms with van der Waals surface area (Å²) in [7, 11) is 0.195. The number of fused-ring (bicyclic) bond motifs is 1. The van der Waals surface area contributed by atoms with Crippen LogP contribution < -0.4 is 20.3 Å². The lowest BCUT2D eigenvalue weighted by atomic mass is 10.0. The van der Waals surface area contributed by atoms with Crippen LogP contribution in [-0.4, -0.2) is 98.5 Å². The van der Waals surface area contributed by atoms with Gasteiger partial charge in [-0.15, -0.1) is 0 Å². The quantitative estimate of drug-likeness (QED) is 0.475. The third-order valence-corrected chi connectivity index (χ3v) is 7.83. The van der Waals surface area contributed by atoms with Crippen LogP contribution in [0.15, 0.2) is 18.3 Å². The number of nitrogens with one attached hydrogen (secondary N) is 2. The SMILES string of the molecule is COc1nc2c(cc1CN1CCN(C)CC1=O)CCCN2C(=O)Nc1cc(N[C@H](C)CS(C)(=O)=O)c(C#N)cn1. The van der Waals surface area contributed by atoms with Crippen LogP contribution >= 0.6 is 0 Å². The van der Waals surface area contributed by atoms with E-state index in [-0.39, 0.29) is 23.0 Å². The molecule has 4 rings (SSSR count). The van der Waals surface area contributed by atoms with Crippen molar-refractivity contribution in [3.8, 4) is 11.9 Å². The summed E-state index contributed by atoms with van der Waals surface area (Å²) in [6, 6.07) is 4.57. The fraction of sp³-hybridized carbons (Fsp3) is 0.500. The molecular formula is C26H34N8O5S. The molecular weight excluding hydrogens is 536 g/mol. The lowest BCUT2D eigenvalue weighted by Gasteiger charge is -2.33. The third kappa shape index (κ3) is 6.97.